The van der Waals surface area contributed by atoms with Gasteiger partial charge in [0, 0.05) is 31.1 Å². The highest BCUT2D eigenvalue weighted by Crippen LogP contribution is 2.18. The third-order valence-corrected chi connectivity index (χ3v) is 4.09. The van der Waals surface area contributed by atoms with Gasteiger partial charge in [0.2, 0.25) is 5.91 Å². The summed E-state index contributed by atoms with van der Waals surface area (Å²) in [6.07, 6.45) is 2.10. The highest BCUT2D eigenvalue weighted by Gasteiger charge is 2.26. The second-order valence-electron chi connectivity index (χ2n) is 7.26. The van der Waals surface area contributed by atoms with Gasteiger partial charge >= 0.3 is 0 Å². The Bertz CT molecular complexity index is 482. The summed E-state index contributed by atoms with van der Waals surface area (Å²) in [5.74, 6) is 0.166. The van der Waals surface area contributed by atoms with E-state index in [1.165, 1.54) is 11.1 Å². The van der Waals surface area contributed by atoms with Crippen LogP contribution in [0, 0.1) is 12.3 Å². The molecule has 1 aliphatic rings. The standard InChI is InChI=1S/C18H28N2O/c1-14-6-5-7-15(12-14)13-20-10-8-16(9-11-20)19-17(21)18(2,3)4/h5-7,12,16H,8-11,13H2,1-4H3,(H,19,21). The summed E-state index contributed by atoms with van der Waals surface area (Å²) >= 11 is 0. The van der Waals surface area contributed by atoms with E-state index in [9.17, 15) is 4.79 Å². The first-order valence-corrected chi connectivity index (χ1v) is 7.93. The molecule has 2 rings (SSSR count). The summed E-state index contributed by atoms with van der Waals surface area (Å²) in [6, 6.07) is 9.05. The Kier molecular flexibility index (Phi) is 5.04. The Hall–Kier alpha value is -1.35. The van der Waals surface area contributed by atoms with Crippen molar-refractivity contribution >= 4 is 5.91 Å². The van der Waals surface area contributed by atoms with Crippen LogP contribution < -0.4 is 5.32 Å². The molecule has 1 aliphatic heterocycles. The third kappa shape index (κ3) is 4.85. The summed E-state index contributed by atoms with van der Waals surface area (Å²) in [4.78, 5) is 14.5. The zero-order valence-electron chi connectivity index (χ0n) is 13.8. The highest BCUT2D eigenvalue weighted by molar-refractivity contribution is 5.81. The Balaban J connectivity index is 1.80. The van der Waals surface area contributed by atoms with E-state index in [4.69, 9.17) is 0 Å². The van der Waals surface area contributed by atoms with Gasteiger partial charge in [-0.15, -0.1) is 0 Å². The van der Waals surface area contributed by atoms with E-state index in [1.807, 2.05) is 20.8 Å². The Morgan fingerprint density at radius 3 is 2.52 bits per heavy atom. The van der Waals surface area contributed by atoms with Gasteiger partial charge in [-0.3, -0.25) is 9.69 Å². The molecule has 116 valence electrons. The van der Waals surface area contributed by atoms with Crippen LogP contribution in [0.3, 0.4) is 0 Å². The van der Waals surface area contributed by atoms with Crippen molar-refractivity contribution < 1.29 is 4.79 Å². The highest BCUT2D eigenvalue weighted by atomic mass is 16.2. The predicted molar refractivity (Wildman–Crippen MR) is 87.1 cm³/mol. The second kappa shape index (κ2) is 6.61. The molecule has 1 amide bonds. The number of piperidine rings is 1. The second-order valence-corrected chi connectivity index (χ2v) is 7.26. The average Bonchev–Trinajstić information content (AvgIpc) is 2.40. The number of nitrogens with zero attached hydrogens (tertiary/aromatic N) is 1. The van der Waals surface area contributed by atoms with Crippen LogP contribution in [0.15, 0.2) is 24.3 Å². The molecule has 0 spiro atoms. The van der Waals surface area contributed by atoms with E-state index >= 15 is 0 Å². The lowest BCUT2D eigenvalue weighted by atomic mass is 9.94. The van der Waals surface area contributed by atoms with Crippen molar-refractivity contribution in [2.24, 2.45) is 5.41 Å². The number of hydrogen-bond donors (Lipinski definition) is 1. The molecule has 1 N–H and O–H groups in total. The van der Waals surface area contributed by atoms with Crippen LogP contribution >= 0.6 is 0 Å². The monoisotopic (exact) mass is 288 g/mol. The van der Waals surface area contributed by atoms with Crippen LogP contribution in [-0.2, 0) is 11.3 Å². The third-order valence-electron chi connectivity index (χ3n) is 4.09. The lowest BCUT2D eigenvalue weighted by Crippen LogP contribution is -2.47. The molecule has 3 heteroatoms. The van der Waals surface area contributed by atoms with Gasteiger partial charge in [0.15, 0.2) is 0 Å². The summed E-state index contributed by atoms with van der Waals surface area (Å²) in [6.45, 7) is 11.2. The number of hydrogen-bond acceptors (Lipinski definition) is 2. The molecule has 0 unspecified atom stereocenters. The smallest absolute Gasteiger partial charge is 0.225 e. The van der Waals surface area contributed by atoms with Gasteiger partial charge < -0.3 is 5.32 Å². The Morgan fingerprint density at radius 2 is 1.95 bits per heavy atom. The maximum atomic E-state index is 12.0. The van der Waals surface area contributed by atoms with Gasteiger partial charge in [-0.1, -0.05) is 50.6 Å². The molecule has 0 bridgehead atoms. The molecule has 0 aliphatic carbocycles. The van der Waals surface area contributed by atoms with Crippen LogP contribution in [0.25, 0.3) is 0 Å². The molecule has 1 aromatic rings. The minimum atomic E-state index is -0.293. The van der Waals surface area contributed by atoms with Crippen molar-refractivity contribution in [2.45, 2.75) is 53.1 Å². The number of benzene rings is 1. The summed E-state index contributed by atoms with van der Waals surface area (Å²) in [7, 11) is 0. The summed E-state index contributed by atoms with van der Waals surface area (Å²) in [5, 5.41) is 3.19. The van der Waals surface area contributed by atoms with Crippen molar-refractivity contribution in [1.29, 1.82) is 0 Å². The van der Waals surface area contributed by atoms with Crippen molar-refractivity contribution in [3.05, 3.63) is 35.4 Å². The number of aryl methyl sites for hydroxylation is 1. The molecule has 1 saturated heterocycles. The Morgan fingerprint density at radius 1 is 1.29 bits per heavy atom. The van der Waals surface area contributed by atoms with Gasteiger partial charge in [0.25, 0.3) is 0 Å². The van der Waals surface area contributed by atoms with Gasteiger partial charge in [-0.25, -0.2) is 0 Å². The van der Waals surface area contributed by atoms with Crippen LogP contribution in [-0.4, -0.2) is 29.9 Å². The predicted octanol–water partition coefficient (Wildman–Crippen LogP) is 3.12. The van der Waals surface area contributed by atoms with Crippen LogP contribution in [0.2, 0.25) is 0 Å². The molecular formula is C18H28N2O. The van der Waals surface area contributed by atoms with Crippen LogP contribution in [0.1, 0.15) is 44.7 Å². The fourth-order valence-corrected chi connectivity index (χ4v) is 2.71. The minimum absolute atomic E-state index is 0.166. The lowest BCUT2D eigenvalue weighted by Gasteiger charge is -2.33. The molecule has 1 heterocycles. The fraction of sp³-hybridized carbons (Fsp3) is 0.611. The number of rotatable bonds is 3. The van der Waals surface area contributed by atoms with Crippen molar-refractivity contribution in [2.75, 3.05) is 13.1 Å². The number of nitrogens with one attached hydrogen (secondary N) is 1. The molecule has 0 saturated carbocycles. The van der Waals surface area contributed by atoms with Gasteiger partial charge in [0.1, 0.15) is 0 Å². The maximum Gasteiger partial charge on any atom is 0.225 e. The Labute approximate surface area is 128 Å². The zero-order valence-corrected chi connectivity index (χ0v) is 13.8. The normalized spacial score (nSPS) is 17.7. The van der Waals surface area contributed by atoms with Crippen molar-refractivity contribution in [3.63, 3.8) is 0 Å². The summed E-state index contributed by atoms with van der Waals surface area (Å²) in [5.41, 5.74) is 2.41. The van der Waals surface area contributed by atoms with E-state index in [0.29, 0.717) is 6.04 Å². The number of carbonyl (C=O) groups excluding carboxylic acids is 1. The molecule has 3 nitrogen and oxygen atoms in total. The molecule has 0 atom stereocenters. The molecule has 21 heavy (non-hydrogen) atoms. The number of amides is 1. The summed E-state index contributed by atoms with van der Waals surface area (Å²) < 4.78 is 0. The van der Waals surface area contributed by atoms with Crippen molar-refractivity contribution in [1.82, 2.24) is 10.2 Å². The molecule has 1 aromatic carbocycles. The van der Waals surface area contributed by atoms with E-state index in [1.54, 1.807) is 0 Å². The van der Waals surface area contributed by atoms with Crippen molar-refractivity contribution in [3.8, 4) is 0 Å². The van der Waals surface area contributed by atoms with Gasteiger partial charge in [0.05, 0.1) is 0 Å². The quantitative estimate of drug-likeness (QED) is 0.927. The zero-order chi connectivity index (χ0) is 15.5. The van der Waals surface area contributed by atoms with Crippen LogP contribution in [0.4, 0.5) is 0 Å². The first-order chi connectivity index (χ1) is 9.84. The molecule has 1 fully saturated rings. The molecule has 0 aromatic heterocycles. The first-order valence-electron chi connectivity index (χ1n) is 7.93. The number of likely N-dealkylation sites (tertiary alicyclic amines) is 1. The average molecular weight is 288 g/mol. The van der Waals surface area contributed by atoms with Gasteiger partial charge in [-0.05, 0) is 25.3 Å². The van der Waals surface area contributed by atoms with Crippen LogP contribution in [0.5, 0.6) is 0 Å². The molecular weight excluding hydrogens is 260 g/mol. The SMILES string of the molecule is Cc1cccc(CN2CCC(NC(=O)C(C)(C)C)CC2)c1. The largest absolute Gasteiger partial charge is 0.353 e. The molecule has 0 radical (unpaired) electrons. The fourth-order valence-electron chi connectivity index (χ4n) is 2.71. The minimum Gasteiger partial charge on any atom is -0.353 e. The number of carbonyl (C=O) groups is 1. The first kappa shape index (κ1) is 16.0. The topological polar surface area (TPSA) is 32.3 Å². The van der Waals surface area contributed by atoms with E-state index in [-0.39, 0.29) is 11.3 Å². The van der Waals surface area contributed by atoms with E-state index in [2.05, 4.69) is 41.4 Å². The maximum absolute atomic E-state index is 12.0. The van der Waals surface area contributed by atoms with Gasteiger partial charge in [-0.2, -0.15) is 0 Å². The lowest BCUT2D eigenvalue weighted by molar-refractivity contribution is -0.129. The van der Waals surface area contributed by atoms with E-state index in [0.717, 1.165) is 32.5 Å². The van der Waals surface area contributed by atoms with E-state index < -0.39 is 0 Å².